The van der Waals surface area contributed by atoms with Crippen LogP contribution in [0.25, 0.3) is 0 Å². The van der Waals surface area contributed by atoms with Crippen LogP contribution in [0.15, 0.2) is 39.3 Å². The lowest BCUT2D eigenvalue weighted by Crippen LogP contribution is -2.14. The third-order valence-electron chi connectivity index (χ3n) is 2.42. The number of hydrogen-bond donors (Lipinski definition) is 1. The molecule has 1 amide bonds. The summed E-state index contributed by atoms with van der Waals surface area (Å²) in [6.07, 6.45) is 0. The molecule has 0 saturated carbocycles. The van der Waals surface area contributed by atoms with E-state index < -0.39 is 23.2 Å². The Bertz CT molecular complexity index is 671. The van der Waals surface area contributed by atoms with E-state index in [9.17, 15) is 13.6 Å². The molecule has 1 N–H and O–H groups in total. The lowest BCUT2D eigenvalue weighted by Gasteiger charge is -2.09. The summed E-state index contributed by atoms with van der Waals surface area (Å²) in [5, 5.41) is 2.35. The monoisotopic (exact) mass is 423 g/mol. The molecule has 0 atom stereocenters. The van der Waals surface area contributed by atoms with Crippen LogP contribution in [0.4, 0.5) is 14.5 Å². The maximum absolute atomic E-state index is 13.6. The fourth-order valence-electron chi connectivity index (χ4n) is 1.52. The summed E-state index contributed by atoms with van der Waals surface area (Å²) in [5.41, 5.74) is -0.395. The Morgan fingerprint density at radius 1 is 1.05 bits per heavy atom. The van der Waals surface area contributed by atoms with E-state index in [0.717, 1.165) is 12.1 Å². The number of carbonyl (C=O) groups is 1. The van der Waals surface area contributed by atoms with Gasteiger partial charge in [0.25, 0.3) is 5.91 Å². The van der Waals surface area contributed by atoms with Gasteiger partial charge in [0.2, 0.25) is 0 Å². The highest BCUT2D eigenvalue weighted by Crippen LogP contribution is 2.26. The van der Waals surface area contributed by atoms with E-state index in [2.05, 4.69) is 37.2 Å². The standard InChI is InChI=1S/C13H6Br2ClF2NO/c14-6-1-2-8(9(16)3-6)13(20)19-12-10(17)4-7(15)5-11(12)18/h1-5H,(H,19,20). The van der Waals surface area contributed by atoms with Crippen LogP contribution >= 0.6 is 43.5 Å². The number of carbonyl (C=O) groups excluding carboxylic acids is 1. The van der Waals surface area contributed by atoms with E-state index in [1.54, 1.807) is 6.07 Å². The predicted molar refractivity (Wildman–Crippen MR) is 81.2 cm³/mol. The minimum Gasteiger partial charge on any atom is -0.317 e. The van der Waals surface area contributed by atoms with Crippen molar-refractivity contribution in [3.05, 3.63) is 61.5 Å². The van der Waals surface area contributed by atoms with Crippen molar-refractivity contribution >= 4 is 55.1 Å². The Kier molecular flexibility index (Phi) is 4.78. The van der Waals surface area contributed by atoms with Crippen molar-refractivity contribution < 1.29 is 13.6 Å². The Balaban J connectivity index is 2.33. The lowest BCUT2D eigenvalue weighted by molar-refractivity contribution is 0.102. The summed E-state index contributed by atoms with van der Waals surface area (Å²) in [6.45, 7) is 0. The van der Waals surface area contributed by atoms with E-state index in [4.69, 9.17) is 11.6 Å². The van der Waals surface area contributed by atoms with Crippen molar-refractivity contribution in [1.82, 2.24) is 0 Å². The SMILES string of the molecule is O=C(Nc1c(F)cc(Br)cc1F)c1ccc(Br)cc1Cl. The van der Waals surface area contributed by atoms with E-state index in [0.29, 0.717) is 4.47 Å². The highest BCUT2D eigenvalue weighted by molar-refractivity contribution is 9.10. The molecule has 7 heteroatoms. The Hall–Kier alpha value is -0.980. The van der Waals surface area contributed by atoms with Gasteiger partial charge in [0.05, 0.1) is 10.6 Å². The second-order valence-electron chi connectivity index (χ2n) is 3.82. The zero-order valence-electron chi connectivity index (χ0n) is 9.68. The first-order valence-corrected chi connectivity index (χ1v) is 7.26. The number of rotatable bonds is 2. The molecule has 0 aliphatic rings. The van der Waals surface area contributed by atoms with Gasteiger partial charge in [-0.15, -0.1) is 0 Å². The molecule has 2 rings (SSSR count). The Labute approximate surface area is 135 Å². The van der Waals surface area contributed by atoms with Crippen molar-refractivity contribution in [2.24, 2.45) is 0 Å². The smallest absolute Gasteiger partial charge is 0.257 e. The van der Waals surface area contributed by atoms with Crippen LogP contribution in [0.5, 0.6) is 0 Å². The van der Waals surface area contributed by atoms with Gasteiger partial charge in [-0.05, 0) is 30.3 Å². The van der Waals surface area contributed by atoms with Crippen molar-refractivity contribution in [1.29, 1.82) is 0 Å². The average Bonchev–Trinajstić information content (AvgIpc) is 2.33. The summed E-state index contributed by atoms with van der Waals surface area (Å²) < 4.78 is 28.2. The fraction of sp³-hybridized carbons (Fsp3) is 0. The largest absolute Gasteiger partial charge is 0.317 e. The molecular weight excluding hydrogens is 419 g/mol. The Morgan fingerprint density at radius 2 is 1.65 bits per heavy atom. The minimum absolute atomic E-state index is 0.122. The van der Waals surface area contributed by atoms with Gasteiger partial charge in [-0.3, -0.25) is 4.79 Å². The zero-order valence-corrected chi connectivity index (χ0v) is 13.6. The van der Waals surface area contributed by atoms with Crippen molar-refractivity contribution in [3.8, 4) is 0 Å². The molecule has 2 aromatic rings. The van der Waals surface area contributed by atoms with Crippen molar-refractivity contribution in [3.63, 3.8) is 0 Å². The molecule has 0 aromatic heterocycles. The van der Waals surface area contributed by atoms with Crippen LogP contribution in [0.1, 0.15) is 10.4 Å². The molecule has 2 aromatic carbocycles. The zero-order chi connectivity index (χ0) is 14.9. The van der Waals surface area contributed by atoms with Crippen LogP contribution in [0.2, 0.25) is 5.02 Å². The molecule has 0 bridgehead atoms. The van der Waals surface area contributed by atoms with Gasteiger partial charge in [-0.1, -0.05) is 43.5 Å². The molecule has 2 nitrogen and oxygen atoms in total. The van der Waals surface area contributed by atoms with Gasteiger partial charge in [0.15, 0.2) is 11.6 Å². The van der Waals surface area contributed by atoms with Crippen LogP contribution in [-0.4, -0.2) is 5.91 Å². The molecular formula is C13H6Br2ClF2NO. The summed E-state index contributed by atoms with van der Waals surface area (Å²) in [5.74, 6) is -2.44. The molecule has 20 heavy (non-hydrogen) atoms. The average molecular weight is 425 g/mol. The molecule has 0 heterocycles. The summed E-state index contributed by atoms with van der Waals surface area (Å²) in [7, 11) is 0. The van der Waals surface area contributed by atoms with Crippen LogP contribution in [0.3, 0.4) is 0 Å². The maximum atomic E-state index is 13.6. The van der Waals surface area contributed by atoms with E-state index in [-0.39, 0.29) is 15.1 Å². The highest BCUT2D eigenvalue weighted by Gasteiger charge is 2.16. The van der Waals surface area contributed by atoms with Crippen molar-refractivity contribution in [2.75, 3.05) is 5.32 Å². The summed E-state index contributed by atoms with van der Waals surface area (Å²) in [4.78, 5) is 12.0. The number of benzene rings is 2. The van der Waals surface area contributed by atoms with Gasteiger partial charge in [-0.2, -0.15) is 0 Å². The molecule has 0 unspecified atom stereocenters. The quantitative estimate of drug-likeness (QED) is 0.686. The first-order valence-electron chi connectivity index (χ1n) is 5.29. The second kappa shape index (κ2) is 6.20. The lowest BCUT2D eigenvalue weighted by atomic mass is 10.2. The highest BCUT2D eigenvalue weighted by atomic mass is 79.9. The summed E-state index contributed by atoms with van der Waals surface area (Å²) in [6, 6.07) is 6.69. The minimum atomic E-state index is -0.876. The predicted octanol–water partition coefficient (Wildman–Crippen LogP) is 5.40. The topological polar surface area (TPSA) is 29.1 Å². The normalized spacial score (nSPS) is 10.4. The third kappa shape index (κ3) is 3.37. The van der Waals surface area contributed by atoms with E-state index in [1.165, 1.54) is 12.1 Å². The molecule has 0 saturated heterocycles. The molecule has 0 spiro atoms. The van der Waals surface area contributed by atoms with Gasteiger partial charge in [-0.25, -0.2) is 8.78 Å². The second-order valence-corrected chi connectivity index (χ2v) is 6.06. The fourth-order valence-corrected chi connectivity index (χ4v) is 2.68. The van der Waals surface area contributed by atoms with Crippen LogP contribution < -0.4 is 5.32 Å². The van der Waals surface area contributed by atoms with Gasteiger partial charge in [0.1, 0.15) is 5.69 Å². The van der Waals surface area contributed by atoms with Gasteiger partial charge >= 0.3 is 0 Å². The summed E-state index contributed by atoms with van der Waals surface area (Å²) >= 11 is 12.1. The van der Waals surface area contributed by atoms with Crippen LogP contribution in [-0.2, 0) is 0 Å². The first-order chi connectivity index (χ1) is 9.38. The number of hydrogen-bond acceptors (Lipinski definition) is 1. The van der Waals surface area contributed by atoms with Gasteiger partial charge < -0.3 is 5.32 Å². The molecule has 104 valence electrons. The Morgan fingerprint density at radius 3 is 2.20 bits per heavy atom. The number of nitrogens with one attached hydrogen (secondary N) is 1. The third-order valence-corrected chi connectivity index (χ3v) is 3.68. The van der Waals surface area contributed by atoms with Crippen LogP contribution in [0, 0.1) is 11.6 Å². The number of anilines is 1. The first kappa shape index (κ1) is 15.4. The van der Waals surface area contributed by atoms with E-state index >= 15 is 0 Å². The number of amides is 1. The molecule has 0 aliphatic heterocycles. The molecule has 0 aliphatic carbocycles. The molecule has 0 fully saturated rings. The number of halogens is 5. The van der Waals surface area contributed by atoms with Crippen molar-refractivity contribution in [2.45, 2.75) is 0 Å². The maximum Gasteiger partial charge on any atom is 0.257 e. The van der Waals surface area contributed by atoms with Gasteiger partial charge in [0, 0.05) is 8.95 Å². The molecule has 0 radical (unpaired) electrons. The van der Waals surface area contributed by atoms with E-state index in [1.807, 2.05) is 0 Å².